The lowest BCUT2D eigenvalue weighted by molar-refractivity contribution is 0.337. The van der Waals surface area contributed by atoms with E-state index in [2.05, 4.69) is 41.4 Å². The van der Waals surface area contributed by atoms with Crippen molar-refractivity contribution in [1.82, 2.24) is 15.5 Å². The summed E-state index contributed by atoms with van der Waals surface area (Å²) in [7, 11) is 0. The molecule has 2 aromatic rings. The van der Waals surface area contributed by atoms with E-state index in [1.807, 2.05) is 18.2 Å². The molecule has 0 bridgehead atoms. The number of nitrogens with zero attached hydrogens (tertiary/aromatic N) is 2. The molecule has 1 atom stereocenters. The minimum atomic E-state index is -0.235. The van der Waals surface area contributed by atoms with E-state index in [1.165, 1.54) is 12.0 Å². The van der Waals surface area contributed by atoms with E-state index >= 15 is 0 Å². The average Bonchev–Trinajstić information content (AvgIpc) is 3.10. The Balaban J connectivity index is 1.89. The Bertz CT molecular complexity index is 542. The highest BCUT2D eigenvalue weighted by Crippen LogP contribution is 2.30. The van der Waals surface area contributed by atoms with Crippen LogP contribution in [-0.4, -0.2) is 16.7 Å². The first kappa shape index (κ1) is 12.4. The first-order valence-corrected chi connectivity index (χ1v) is 6.81. The van der Waals surface area contributed by atoms with Crippen LogP contribution in [-0.2, 0) is 5.41 Å². The van der Waals surface area contributed by atoms with Gasteiger partial charge in [-0.1, -0.05) is 35.5 Å². The molecule has 1 aliphatic rings. The molecule has 4 nitrogen and oxygen atoms in total. The van der Waals surface area contributed by atoms with Crippen molar-refractivity contribution in [3.8, 4) is 0 Å². The molecule has 2 heterocycles. The van der Waals surface area contributed by atoms with E-state index in [1.54, 1.807) is 0 Å². The predicted molar refractivity (Wildman–Crippen MR) is 72.8 cm³/mol. The largest absolute Gasteiger partial charge is 0.338 e. The van der Waals surface area contributed by atoms with Crippen LogP contribution in [0.3, 0.4) is 0 Å². The molecule has 19 heavy (non-hydrogen) atoms. The molecule has 100 valence electrons. The molecule has 1 saturated heterocycles. The molecule has 1 unspecified atom stereocenters. The summed E-state index contributed by atoms with van der Waals surface area (Å²) in [6.07, 6.45) is 2.25. The van der Waals surface area contributed by atoms with Gasteiger partial charge in [0.05, 0.1) is 11.5 Å². The second-order valence-electron chi connectivity index (χ2n) is 5.60. The van der Waals surface area contributed by atoms with Gasteiger partial charge in [0.1, 0.15) is 0 Å². The highest BCUT2D eigenvalue weighted by atomic mass is 16.5. The molecule has 0 saturated carbocycles. The maximum Gasteiger partial charge on any atom is 0.243 e. The minimum Gasteiger partial charge on any atom is -0.338 e. The number of rotatable bonds is 3. The fraction of sp³-hybridized carbons (Fsp3) is 0.467. The lowest BCUT2D eigenvalue weighted by Gasteiger charge is -2.20. The van der Waals surface area contributed by atoms with Crippen LogP contribution in [0, 0.1) is 0 Å². The number of aromatic nitrogens is 2. The fourth-order valence-corrected chi connectivity index (χ4v) is 2.51. The number of hydrogen-bond acceptors (Lipinski definition) is 4. The van der Waals surface area contributed by atoms with E-state index in [-0.39, 0.29) is 11.5 Å². The van der Waals surface area contributed by atoms with Gasteiger partial charge >= 0.3 is 0 Å². The van der Waals surface area contributed by atoms with Gasteiger partial charge in [-0.25, -0.2) is 0 Å². The Kier molecular flexibility index (Phi) is 3.11. The van der Waals surface area contributed by atoms with E-state index < -0.39 is 0 Å². The third-order valence-corrected chi connectivity index (χ3v) is 3.85. The summed E-state index contributed by atoms with van der Waals surface area (Å²) in [5, 5.41) is 7.56. The van der Waals surface area contributed by atoms with Crippen LogP contribution in [0.25, 0.3) is 0 Å². The summed E-state index contributed by atoms with van der Waals surface area (Å²) < 4.78 is 5.43. The molecule has 0 spiro atoms. The summed E-state index contributed by atoms with van der Waals surface area (Å²) in [6, 6.07) is 10.5. The van der Waals surface area contributed by atoms with Gasteiger partial charge in [-0.2, -0.15) is 4.98 Å². The standard InChI is InChI=1S/C15H19N3O/c1-15(2,11-7-4-3-5-8-11)14-17-13(19-18-14)12-9-6-10-16-12/h3-5,7-8,12,16H,6,9-10H2,1-2H3. The van der Waals surface area contributed by atoms with E-state index in [4.69, 9.17) is 4.52 Å². The fourth-order valence-electron chi connectivity index (χ4n) is 2.51. The highest BCUT2D eigenvalue weighted by Gasteiger charge is 2.31. The normalized spacial score (nSPS) is 19.8. The van der Waals surface area contributed by atoms with Crippen molar-refractivity contribution in [2.45, 2.75) is 38.1 Å². The third-order valence-electron chi connectivity index (χ3n) is 3.85. The summed E-state index contributed by atoms with van der Waals surface area (Å²) in [6.45, 7) is 5.28. The van der Waals surface area contributed by atoms with Crippen molar-refractivity contribution in [2.24, 2.45) is 0 Å². The molecule has 1 aliphatic heterocycles. The van der Waals surface area contributed by atoms with Gasteiger partial charge < -0.3 is 9.84 Å². The van der Waals surface area contributed by atoms with Crippen LogP contribution >= 0.6 is 0 Å². The first-order chi connectivity index (χ1) is 9.18. The van der Waals surface area contributed by atoms with Gasteiger partial charge in [0.25, 0.3) is 0 Å². The Labute approximate surface area is 113 Å². The maximum atomic E-state index is 5.43. The molecule has 0 amide bonds. The lowest BCUT2D eigenvalue weighted by Crippen LogP contribution is -2.21. The highest BCUT2D eigenvalue weighted by molar-refractivity contribution is 5.30. The number of nitrogens with one attached hydrogen (secondary N) is 1. The Morgan fingerprint density at radius 3 is 2.74 bits per heavy atom. The van der Waals surface area contributed by atoms with E-state index in [0.29, 0.717) is 0 Å². The third kappa shape index (κ3) is 2.28. The molecule has 1 aromatic carbocycles. The Morgan fingerprint density at radius 2 is 2.05 bits per heavy atom. The van der Waals surface area contributed by atoms with Gasteiger partial charge in [0.2, 0.25) is 5.89 Å². The van der Waals surface area contributed by atoms with E-state index in [9.17, 15) is 0 Å². The van der Waals surface area contributed by atoms with Gasteiger partial charge in [-0.3, -0.25) is 0 Å². The van der Waals surface area contributed by atoms with Crippen molar-refractivity contribution in [3.63, 3.8) is 0 Å². The molecule has 4 heteroatoms. The van der Waals surface area contributed by atoms with Crippen LogP contribution in [0.15, 0.2) is 34.9 Å². The number of benzene rings is 1. The van der Waals surface area contributed by atoms with Crippen molar-refractivity contribution in [2.75, 3.05) is 6.54 Å². The second kappa shape index (κ2) is 4.78. The molecule has 1 aromatic heterocycles. The molecular formula is C15H19N3O. The Morgan fingerprint density at radius 1 is 1.26 bits per heavy atom. The predicted octanol–water partition coefficient (Wildman–Crippen LogP) is 2.82. The molecule has 3 rings (SSSR count). The topological polar surface area (TPSA) is 51.0 Å². The molecular weight excluding hydrogens is 238 g/mol. The molecule has 0 radical (unpaired) electrons. The first-order valence-electron chi connectivity index (χ1n) is 6.81. The molecule has 0 aliphatic carbocycles. The molecule has 1 N–H and O–H groups in total. The maximum absolute atomic E-state index is 5.43. The van der Waals surface area contributed by atoms with Gasteiger partial charge in [-0.15, -0.1) is 0 Å². The van der Waals surface area contributed by atoms with Gasteiger partial charge in [0, 0.05) is 0 Å². The van der Waals surface area contributed by atoms with Gasteiger partial charge in [-0.05, 0) is 38.8 Å². The van der Waals surface area contributed by atoms with Crippen LogP contribution in [0.4, 0.5) is 0 Å². The van der Waals surface area contributed by atoms with Crippen molar-refractivity contribution >= 4 is 0 Å². The average molecular weight is 257 g/mol. The van der Waals surface area contributed by atoms with Gasteiger partial charge in [0.15, 0.2) is 5.82 Å². The monoisotopic (exact) mass is 257 g/mol. The van der Waals surface area contributed by atoms with Crippen molar-refractivity contribution < 1.29 is 4.52 Å². The molecule has 1 fully saturated rings. The summed E-state index contributed by atoms with van der Waals surface area (Å²) in [5.41, 5.74) is 0.962. The lowest BCUT2D eigenvalue weighted by atomic mass is 9.84. The second-order valence-corrected chi connectivity index (χ2v) is 5.60. The Hall–Kier alpha value is -1.68. The van der Waals surface area contributed by atoms with Crippen molar-refractivity contribution in [3.05, 3.63) is 47.6 Å². The zero-order chi connectivity index (χ0) is 13.3. The summed E-state index contributed by atoms with van der Waals surface area (Å²) in [4.78, 5) is 4.60. The summed E-state index contributed by atoms with van der Waals surface area (Å²) in [5.74, 6) is 1.47. The number of hydrogen-bond donors (Lipinski definition) is 1. The smallest absolute Gasteiger partial charge is 0.243 e. The quantitative estimate of drug-likeness (QED) is 0.918. The van der Waals surface area contributed by atoms with Crippen LogP contribution < -0.4 is 5.32 Å². The van der Waals surface area contributed by atoms with Crippen molar-refractivity contribution in [1.29, 1.82) is 0 Å². The van der Waals surface area contributed by atoms with Crippen LogP contribution in [0.2, 0.25) is 0 Å². The summed E-state index contributed by atoms with van der Waals surface area (Å²) >= 11 is 0. The van der Waals surface area contributed by atoms with Crippen LogP contribution in [0.1, 0.15) is 50.0 Å². The SMILES string of the molecule is CC(C)(c1ccccc1)c1noc(C2CCCN2)n1. The van der Waals surface area contributed by atoms with Crippen LogP contribution in [0.5, 0.6) is 0 Å². The minimum absolute atomic E-state index is 0.229. The van der Waals surface area contributed by atoms with E-state index in [0.717, 1.165) is 24.7 Å². The zero-order valence-electron chi connectivity index (χ0n) is 11.4. The zero-order valence-corrected chi connectivity index (χ0v) is 11.4.